The SMILES string of the molecule is Cc1ccc(-c2nc3scc(-c4ccc(C)cc4)c3c(=O)[nH]2)cc1. The molecular weight excluding hydrogens is 316 g/mol. The van der Waals surface area contributed by atoms with E-state index in [4.69, 9.17) is 0 Å². The average Bonchev–Trinajstić information content (AvgIpc) is 3.01. The van der Waals surface area contributed by atoms with E-state index in [1.54, 1.807) is 0 Å². The van der Waals surface area contributed by atoms with Crippen molar-refractivity contribution in [3.05, 3.63) is 75.4 Å². The Morgan fingerprint density at radius 2 is 1.46 bits per heavy atom. The van der Waals surface area contributed by atoms with Crippen LogP contribution in [0.25, 0.3) is 32.7 Å². The molecule has 3 nitrogen and oxygen atoms in total. The van der Waals surface area contributed by atoms with Crippen LogP contribution in [0.4, 0.5) is 0 Å². The van der Waals surface area contributed by atoms with Gasteiger partial charge in [0.15, 0.2) is 0 Å². The van der Waals surface area contributed by atoms with Gasteiger partial charge in [-0.15, -0.1) is 11.3 Å². The van der Waals surface area contributed by atoms with Crippen molar-refractivity contribution in [2.24, 2.45) is 0 Å². The van der Waals surface area contributed by atoms with E-state index in [0.29, 0.717) is 11.2 Å². The van der Waals surface area contributed by atoms with Gasteiger partial charge in [-0.05, 0) is 19.4 Å². The Bertz CT molecular complexity index is 1070. The fourth-order valence-electron chi connectivity index (χ4n) is 2.74. The summed E-state index contributed by atoms with van der Waals surface area (Å²) in [6.07, 6.45) is 0. The van der Waals surface area contributed by atoms with Crippen molar-refractivity contribution in [2.45, 2.75) is 13.8 Å². The molecule has 0 amide bonds. The maximum absolute atomic E-state index is 12.7. The third-order valence-electron chi connectivity index (χ3n) is 4.13. The van der Waals surface area contributed by atoms with Crippen LogP contribution in [-0.2, 0) is 0 Å². The Labute approximate surface area is 143 Å². The average molecular weight is 332 g/mol. The fourth-order valence-corrected chi connectivity index (χ4v) is 3.69. The lowest BCUT2D eigenvalue weighted by Gasteiger charge is -2.03. The molecule has 24 heavy (non-hydrogen) atoms. The molecule has 1 N–H and O–H groups in total. The van der Waals surface area contributed by atoms with E-state index in [2.05, 4.69) is 29.0 Å². The molecule has 0 unspecified atom stereocenters. The number of rotatable bonds is 2. The number of benzene rings is 2. The Kier molecular flexibility index (Phi) is 3.54. The van der Waals surface area contributed by atoms with Gasteiger partial charge in [-0.3, -0.25) is 4.79 Å². The van der Waals surface area contributed by atoms with Gasteiger partial charge in [0.05, 0.1) is 5.39 Å². The first-order valence-electron chi connectivity index (χ1n) is 7.77. The van der Waals surface area contributed by atoms with Gasteiger partial charge in [-0.25, -0.2) is 4.98 Å². The molecule has 0 aliphatic carbocycles. The van der Waals surface area contributed by atoms with Crippen molar-refractivity contribution in [2.75, 3.05) is 0 Å². The predicted molar refractivity (Wildman–Crippen MR) is 101 cm³/mol. The first-order chi connectivity index (χ1) is 11.6. The van der Waals surface area contributed by atoms with Crippen LogP contribution in [0, 0.1) is 13.8 Å². The van der Waals surface area contributed by atoms with Crippen LogP contribution >= 0.6 is 11.3 Å². The van der Waals surface area contributed by atoms with Crippen molar-refractivity contribution < 1.29 is 0 Å². The molecule has 4 heteroatoms. The highest BCUT2D eigenvalue weighted by Gasteiger charge is 2.13. The number of hydrogen-bond donors (Lipinski definition) is 1. The van der Waals surface area contributed by atoms with E-state index in [-0.39, 0.29) is 5.56 Å². The summed E-state index contributed by atoms with van der Waals surface area (Å²) in [5.41, 5.74) is 5.20. The van der Waals surface area contributed by atoms with Crippen molar-refractivity contribution in [1.29, 1.82) is 0 Å². The Balaban J connectivity index is 1.88. The van der Waals surface area contributed by atoms with Crippen LogP contribution in [0.3, 0.4) is 0 Å². The van der Waals surface area contributed by atoms with E-state index in [9.17, 15) is 4.79 Å². The standard InChI is InChI=1S/C20H16N2OS/c1-12-3-7-14(8-4-12)16-11-24-20-17(16)19(23)21-18(22-20)15-9-5-13(2)6-10-15/h3-11H,1-2H3,(H,21,22,23). The highest BCUT2D eigenvalue weighted by atomic mass is 32.1. The third kappa shape index (κ3) is 2.55. The molecule has 2 aromatic carbocycles. The normalized spacial score (nSPS) is 11.1. The van der Waals surface area contributed by atoms with Crippen LogP contribution in [0.1, 0.15) is 11.1 Å². The quantitative estimate of drug-likeness (QED) is 0.565. The first kappa shape index (κ1) is 14.8. The minimum atomic E-state index is -0.0904. The second-order valence-electron chi connectivity index (χ2n) is 5.98. The van der Waals surface area contributed by atoms with Gasteiger partial charge in [-0.1, -0.05) is 59.7 Å². The summed E-state index contributed by atoms with van der Waals surface area (Å²) in [6, 6.07) is 16.2. The smallest absolute Gasteiger partial charge is 0.260 e. The lowest BCUT2D eigenvalue weighted by atomic mass is 10.0. The maximum atomic E-state index is 12.7. The van der Waals surface area contributed by atoms with Crippen LogP contribution in [0.2, 0.25) is 0 Å². The molecule has 0 radical (unpaired) electrons. The van der Waals surface area contributed by atoms with E-state index in [0.717, 1.165) is 21.5 Å². The zero-order valence-corrected chi connectivity index (χ0v) is 14.3. The summed E-state index contributed by atoms with van der Waals surface area (Å²) in [5.74, 6) is 0.616. The zero-order chi connectivity index (χ0) is 16.7. The second kappa shape index (κ2) is 5.73. The number of H-pyrrole nitrogens is 1. The van der Waals surface area contributed by atoms with Crippen molar-refractivity contribution in [3.63, 3.8) is 0 Å². The summed E-state index contributed by atoms with van der Waals surface area (Å²) in [5, 5.41) is 2.68. The topological polar surface area (TPSA) is 45.8 Å². The van der Waals surface area contributed by atoms with Crippen molar-refractivity contribution in [3.8, 4) is 22.5 Å². The van der Waals surface area contributed by atoms with Crippen LogP contribution in [0.15, 0.2) is 58.7 Å². The molecule has 2 heterocycles. The maximum Gasteiger partial charge on any atom is 0.260 e. The zero-order valence-electron chi connectivity index (χ0n) is 13.5. The van der Waals surface area contributed by atoms with Gasteiger partial charge in [0.2, 0.25) is 0 Å². The number of nitrogens with zero attached hydrogens (tertiary/aromatic N) is 1. The fraction of sp³-hybridized carbons (Fsp3) is 0.100. The molecule has 0 aliphatic rings. The summed E-state index contributed by atoms with van der Waals surface area (Å²) in [7, 11) is 0. The molecule has 0 fully saturated rings. The van der Waals surface area contributed by atoms with Gasteiger partial charge in [0.1, 0.15) is 10.7 Å². The number of fused-ring (bicyclic) bond motifs is 1. The monoisotopic (exact) mass is 332 g/mol. The highest BCUT2D eigenvalue weighted by molar-refractivity contribution is 7.17. The van der Waals surface area contributed by atoms with Crippen LogP contribution in [-0.4, -0.2) is 9.97 Å². The molecule has 0 saturated carbocycles. The number of aryl methyl sites for hydroxylation is 2. The van der Waals surface area contributed by atoms with Gasteiger partial charge in [0.25, 0.3) is 5.56 Å². The Morgan fingerprint density at radius 1 is 0.875 bits per heavy atom. The highest BCUT2D eigenvalue weighted by Crippen LogP contribution is 2.31. The number of thiophene rings is 1. The minimum Gasteiger partial charge on any atom is -0.306 e. The van der Waals surface area contributed by atoms with E-state index in [1.807, 2.05) is 48.7 Å². The minimum absolute atomic E-state index is 0.0904. The van der Waals surface area contributed by atoms with E-state index >= 15 is 0 Å². The number of aromatic nitrogens is 2. The van der Waals surface area contributed by atoms with Crippen molar-refractivity contribution in [1.82, 2.24) is 9.97 Å². The summed E-state index contributed by atoms with van der Waals surface area (Å²) >= 11 is 1.51. The molecule has 4 rings (SSSR count). The Hall–Kier alpha value is -2.72. The van der Waals surface area contributed by atoms with E-state index in [1.165, 1.54) is 22.5 Å². The van der Waals surface area contributed by atoms with Crippen molar-refractivity contribution >= 4 is 21.6 Å². The first-order valence-corrected chi connectivity index (χ1v) is 8.65. The van der Waals surface area contributed by atoms with Gasteiger partial charge in [-0.2, -0.15) is 0 Å². The van der Waals surface area contributed by atoms with Gasteiger partial charge < -0.3 is 4.98 Å². The summed E-state index contributed by atoms with van der Waals surface area (Å²) in [4.78, 5) is 21.0. The van der Waals surface area contributed by atoms with Crippen LogP contribution < -0.4 is 5.56 Å². The van der Waals surface area contributed by atoms with Gasteiger partial charge >= 0.3 is 0 Å². The van der Waals surface area contributed by atoms with E-state index < -0.39 is 0 Å². The van der Waals surface area contributed by atoms with Crippen LogP contribution in [0.5, 0.6) is 0 Å². The molecule has 0 atom stereocenters. The molecule has 4 aromatic rings. The number of nitrogens with one attached hydrogen (secondary N) is 1. The number of aromatic amines is 1. The molecule has 2 aromatic heterocycles. The van der Waals surface area contributed by atoms with Gasteiger partial charge in [0, 0.05) is 16.5 Å². The second-order valence-corrected chi connectivity index (χ2v) is 6.83. The molecular formula is C20H16N2OS. The lowest BCUT2D eigenvalue weighted by molar-refractivity contribution is 1.19. The third-order valence-corrected chi connectivity index (χ3v) is 5.00. The summed E-state index contributed by atoms with van der Waals surface area (Å²) in [6.45, 7) is 4.09. The largest absolute Gasteiger partial charge is 0.306 e. The molecule has 118 valence electrons. The molecule has 0 spiro atoms. The molecule has 0 aliphatic heterocycles. The predicted octanol–water partition coefficient (Wildman–Crippen LogP) is 4.94. The molecule has 0 saturated heterocycles. The number of hydrogen-bond acceptors (Lipinski definition) is 3. The Morgan fingerprint density at radius 3 is 2.08 bits per heavy atom. The molecule has 0 bridgehead atoms. The lowest BCUT2D eigenvalue weighted by Crippen LogP contribution is -2.09. The summed E-state index contributed by atoms with van der Waals surface area (Å²) < 4.78 is 0.